The molecule has 2 aliphatic carbocycles. The molecule has 3 N–H and O–H groups in total. The summed E-state index contributed by atoms with van der Waals surface area (Å²) in [5.74, 6) is -0.411. The van der Waals surface area contributed by atoms with Gasteiger partial charge in [0.1, 0.15) is 12.0 Å². The van der Waals surface area contributed by atoms with E-state index in [0.717, 1.165) is 10.8 Å². The van der Waals surface area contributed by atoms with Crippen molar-refractivity contribution in [1.29, 1.82) is 0 Å². The van der Waals surface area contributed by atoms with Crippen LogP contribution in [-0.2, 0) is 4.79 Å². The Balaban J connectivity index is 0.000000218. The highest BCUT2D eigenvalue weighted by Gasteiger charge is 2.43. The second-order valence-electron chi connectivity index (χ2n) is 7.10. The van der Waals surface area contributed by atoms with Crippen LogP contribution in [0.2, 0.25) is 0 Å². The van der Waals surface area contributed by atoms with E-state index in [0.29, 0.717) is 11.7 Å². The van der Waals surface area contributed by atoms with Crippen LogP contribution in [0.25, 0.3) is 21.9 Å². The molecule has 2 heterocycles. The van der Waals surface area contributed by atoms with Gasteiger partial charge in [0.2, 0.25) is 0 Å². The van der Waals surface area contributed by atoms with Gasteiger partial charge in [-0.2, -0.15) is 0 Å². The third-order valence-electron chi connectivity index (χ3n) is 4.96. The van der Waals surface area contributed by atoms with Crippen molar-refractivity contribution >= 4 is 22.6 Å². The Morgan fingerprint density at radius 2 is 1.93 bits per heavy atom. The fourth-order valence-electron chi connectivity index (χ4n) is 3.14. The molecular weight excluding hydrogens is 345 g/mol. The number of halogens is 1. The van der Waals surface area contributed by atoms with Gasteiger partial charge in [-0.05, 0) is 59.9 Å². The number of carboxylic acids is 1. The van der Waals surface area contributed by atoms with E-state index in [1.807, 2.05) is 24.7 Å². The predicted octanol–water partition coefficient (Wildman–Crippen LogP) is 4.19. The number of pyridine rings is 2. The number of anilines is 1. The first-order valence-electron chi connectivity index (χ1n) is 8.99. The monoisotopic (exact) mass is 365 g/mol. The quantitative estimate of drug-likeness (QED) is 0.727. The van der Waals surface area contributed by atoms with Crippen LogP contribution < -0.4 is 5.73 Å². The molecule has 5 rings (SSSR count). The topological polar surface area (TPSA) is 89.1 Å². The van der Waals surface area contributed by atoms with Crippen LogP contribution in [0.4, 0.5) is 10.2 Å². The average Bonchev–Trinajstić information content (AvgIpc) is 3.57. The summed E-state index contributed by atoms with van der Waals surface area (Å²) in [7, 11) is 0. The Labute approximate surface area is 156 Å². The van der Waals surface area contributed by atoms with Gasteiger partial charge in [0.15, 0.2) is 0 Å². The number of hydrogen-bond donors (Lipinski definition) is 2. The zero-order valence-corrected chi connectivity index (χ0v) is 14.7. The Kier molecular flexibility index (Phi) is 4.48. The first-order valence-corrected chi connectivity index (χ1v) is 8.99. The molecule has 2 fully saturated rings. The molecule has 0 bridgehead atoms. The Bertz CT molecular complexity index is 1000. The lowest BCUT2D eigenvalue weighted by Gasteiger charge is -2.09. The number of aromatic nitrogens is 2. The lowest BCUT2D eigenvalue weighted by Crippen LogP contribution is -1.98. The normalized spacial score (nSPS) is 20.6. The van der Waals surface area contributed by atoms with Crippen molar-refractivity contribution in [2.45, 2.75) is 31.4 Å². The molecule has 5 nitrogen and oxygen atoms in total. The van der Waals surface area contributed by atoms with Gasteiger partial charge in [-0.1, -0.05) is 12.1 Å². The number of nitrogens with two attached hydrogens (primary N) is 1. The second-order valence-corrected chi connectivity index (χ2v) is 7.10. The van der Waals surface area contributed by atoms with Crippen LogP contribution in [0.3, 0.4) is 0 Å². The number of nitrogens with zero attached hydrogens (tertiary/aromatic N) is 2. The summed E-state index contributed by atoms with van der Waals surface area (Å²) >= 11 is 0. The zero-order chi connectivity index (χ0) is 19.0. The molecule has 2 aliphatic rings. The highest BCUT2D eigenvalue weighted by atomic mass is 19.1. The van der Waals surface area contributed by atoms with Gasteiger partial charge < -0.3 is 10.8 Å². The summed E-state index contributed by atoms with van der Waals surface area (Å²) < 4.78 is 11.6. The van der Waals surface area contributed by atoms with Gasteiger partial charge in [0, 0.05) is 29.5 Å². The Morgan fingerprint density at radius 3 is 2.56 bits per heavy atom. The minimum atomic E-state index is -1.06. The number of nitrogen functional groups attached to an aromatic ring is 1. The van der Waals surface area contributed by atoms with E-state index in [1.54, 1.807) is 0 Å². The number of alkyl halides is 1. The van der Waals surface area contributed by atoms with Crippen LogP contribution in [-0.4, -0.2) is 27.2 Å². The third-order valence-corrected chi connectivity index (χ3v) is 4.96. The molecule has 27 heavy (non-hydrogen) atoms. The summed E-state index contributed by atoms with van der Waals surface area (Å²) in [6, 6.07) is 10.5. The number of rotatable bonds is 3. The number of fused-ring (bicyclic) bond motifs is 1. The van der Waals surface area contributed by atoms with Gasteiger partial charge in [-0.25, -0.2) is 9.37 Å². The van der Waals surface area contributed by atoms with Gasteiger partial charge >= 0.3 is 5.97 Å². The van der Waals surface area contributed by atoms with E-state index in [1.165, 1.54) is 29.5 Å². The molecule has 0 unspecified atom stereocenters. The second kappa shape index (κ2) is 6.95. The van der Waals surface area contributed by atoms with Crippen LogP contribution in [0, 0.1) is 5.92 Å². The van der Waals surface area contributed by atoms with E-state index in [2.05, 4.69) is 34.2 Å². The van der Waals surface area contributed by atoms with Gasteiger partial charge in [-0.15, -0.1) is 0 Å². The fraction of sp³-hybridized carbons (Fsp3) is 0.286. The van der Waals surface area contributed by atoms with Crippen LogP contribution in [0.1, 0.15) is 30.7 Å². The van der Waals surface area contributed by atoms with E-state index in [4.69, 9.17) is 10.8 Å². The standard InChI is InChI=1S/C17H15N3.C4H5FO2/c18-17-8-12-3-4-13(7-14(12)9-20-17)16-10-19-6-5-15(16)11-1-2-11;5-3-1-2(3)4(6)7/h3-11H,1-2H2,(H2,18,20);2-3H,1H2,(H,6,7)/t;2-,3+/m.1/s1. The highest BCUT2D eigenvalue weighted by molar-refractivity contribution is 5.88. The molecule has 0 spiro atoms. The lowest BCUT2D eigenvalue weighted by molar-refractivity contribution is -0.138. The van der Waals surface area contributed by atoms with Crippen molar-refractivity contribution in [1.82, 2.24) is 9.97 Å². The number of hydrogen-bond acceptors (Lipinski definition) is 4. The third kappa shape index (κ3) is 3.89. The molecular formula is C21H20FN3O2. The first-order chi connectivity index (χ1) is 13.0. The van der Waals surface area contributed by atoms with Crippen molar-refractivity contribution in [2.75, 3.05) is 5.73 Å². The number of carbonyl (C=O) groups is 1. The van der Waals surface area contributed by atoms with Gasteiger partial charge in [-0.3, -0.25) is 9.78 Å². The molecule has 6 heteroatoms. The van der Waals surface area contributed by atoms with Crippen molar-refractivity contribution in [3.8, 4) is 11.1 Å². The van der Waals surface area contributed by atoms with E-state index in [-0.39, 0.29) is 6.42 Å². The molecule has 1 aromatic carbocycles. The SMILES string of the molecule is Nc1cc2ccc(-c3cnccc3C3CC3)cc2cn1.O=C(O)[C@@H]1C[C@@H]1F. The molecule has 2 aromatic heterocycles. The minimum Gasteiger partial charge on any atom is -0.481 e. The molecule has 0 aliphatic heterocycles. The van der Waals surface area contributed by atoms with Gasteiger partial charge in [0.25, 0.3) is 0 Å². The number of carboxylic acid groups (broad SMARTS) is 1. The number of aliphatic carboxylic acids is 1. The Morgan fingerprint density at radius 1 is 1.15 bits per heavy atom. The van der Waals surface area contributed by atoms with E-state index < -0.39 is 18.1 Å². The average molecular weight is 365 g/mol. The van der Waals surface area contributed by atoms with Crippen LogP contribution >= 0.6 is 0 Å². The van der Waals surface area contributed by atoms with E-state index >= 15 is 0 Å². The maximum absolute atomic E-state index is 11.6. The molecule has 138 valence electrons. The van der Waals surface area contributed by atoms with Crippen LogP contribution in [0.5, 0.6) is 0 Å². The summed E-state index contributed by atoms with van der Waals surface area (Å²) in [4.78, 5) is 18.2. The van der Waals surface area contributed by atoms with E-state index in [9.17, 15) is 9.18 Å². The lowest BCUT2D eigenvalue weighted by atomic mass is 9.97. The van der Waals surface area contributed by atoms with Crippen molar-refractivity contribution in [3.05, 3.63) is 54.5 Å². The minimum absolute atomic E-state index is 0.218. The summed E-state index contributed by atoms with van der Waals surface area (Å²) in [5.41, 5.74) is 9.59. The zero-order valence-electron chi connectivity index (χ0n) is 14.7. The predicted molar refractivity (Wildman–Crippen MR) is 102 cm³/mol. The largest absolute Gasteiger partial charge is 0.481 e. The first kappa shape index (κ1) is 17.4. The maximum Gasteiger partial charge on any atom is 0.309 e. The van der Waals surface area contributed by atoms with Crippen molar-refractivity contribution in [3.63, 3.8) is 0 Å². The van der Waals surface area contributed by atoms with Crippen molar-refractivity contribution < 1.29 is 14.3 Å². The van der Waals surface area contributed by atoms with Gasteiger partial charge in [0.05, 0.1) is 5.92 Å². The molecule has 0 amide bonds. The summed E-state index contributed by atoms with van der Waals surface area (Å²) in [5, 5.41) is 10.2. The van der Waals surface area contributed by atoms with Crippen molar-refractivity contribution in [2.24, 2.45) is 5.92 Å². The highest BCUT2D eigenvalue weighted by Crippen LogP contribution is 2.44. The smallest absolute Gasteiger partial charge is 0.309 e. The molecule has 0 saturated heterocycles. The van der Waals surface area contributed by atoms with Crippen LogP contribution in [0.15, 0.2) is 48.9 Å². The summed E-state index contributed by atoms with van der Waals surface area (Å²) in [6.45, 7) is 0. The summed E-state index contributed by atoms with van der Waals surface area (Å²) in [6.07, 6.45) is 7.44. The molecule has 2 atom stereocenters. The molecule has 0 radical (unpaired) electrons. The molecule has 3 aromatic rings. The maximum atomic E-state index is 11.6. The fourth-order valence-corrected chi connectivity index (χ4v) is 3.14. The Hall–Kier alpha value is -3.02. The molecule has 2 saturated carbocycles. The number of benzene rings is 1.